The molecule has 2 heterocycles. The number of ether oxygens (including phenoxy) is 1. The molecule has 0 saturated heterocycles. The SMILES string of the molecule is COc1ccc([C@@H]2C[C@@H](c3ccc(F)cc3)n3nc(NC(=O)C(C)C)nc3N2)cc1. The first-order chi connectivity index (χ1) is 14.4. The summed E-state index contributed by atoms with van der Waals surface area (Å²) in [5.41, 5.74) is 1.99. The molecule has 3 aromatic rings. The van der Waals surface area contributed by atoms with Crippen LogP contribution in [0, 0.1) is 11.7 Å². The third kappa shape index (κ3) is 3.98. The second kappa shape index (κ2) is 8.14. The molecule has 1 aromatic heterocycles. The molecule has 30 heavy (non-hydrogen) atoms. The molecular weight excluding hydrogens is 385 g/mol. The highest BCUT2D eigenvalue weighted by Crippen LogP contribution is 2.38. The van der Waals surface area contributed by atoms with Gasteiger partial charge in [-0.05, 0) is 41.8 Å². The van der Waals surface area contributed by atoms with Gasteiger partial charge in [-0.2, -0.15) is 4.98 Å². The van der Waals surface area contributed by atoms with E-state index in [-0.39, 0.29) is 35.7 Å². The summed E-state index contributed by atoms with van der Waals surface area (Å²) in [6, 6.07) is 14.0. The number of carbonyl (C=O) groups is 1. The first-order valence-corrected chi connectivity index (χ1v) is 9.88. The van der Waals surface area contributed by atoms with Crippen LogP contribution in [-0.4, -0.2) is 27.8 Å². The van der Waals surface area contributed by atoms with Gasteiger partial charge in [0.05, 0.1) is 19.2 Å². The van der Waals surface area contributed by atoms with Gasteiger partial charge in [0, 0.05) is 5.92 Å². The van der Waals surface area contributed by atoms with E-state index in [1.54, 1.807) is 23.9 Å². The normalized spacial score (nSPS) is 17.9. The fourth-order valence-corrected chi connectivity index (χ4v) is 3.50. The van der Waals surface area contributed by atoms with Crippen molar-refractivity contribution < 1.29 is 13.9 Å². The molecule has 156 valence electrons. The molecular formula is C22H24FN5O2. The quantitative estimate of drug-likeness (QED) is 0.661. The van der Waals surface area contributed by atoms with Crippen molar-refractivity contribution >= 4 is 17.8 Å². The Hall–Kier alpha value is -3.42. The average molecular weight is 409 g/mol. The number of methoxy groups -OCH3 is 1. The molecule has 4 rings (SSSR count). The number of nitrogens with one attached hydrogen (secondary N) is 2. The maximum atomic E-state index is 13.5. The van der Waals surface area contributed by atoms with Gasteiger partial charge in [0.2, 0.25) is 11.9 Å². The molecule has 2 atom stereocenters. The smallest absolute Gasteiger partial charge is 0.250 e. The summed E-state index contributed by atoms with van der Waals surface area (Å²) in [6.45, 7) is 3.62. The largest absolute Gasteiger partial charge is 0.497 e. The number of amides is 1. The molecule has 0 aliphatic carbocycles. The number of hydrogen-bond donors (Lipinski definition) is 2. The summed E-state index contributed by atoms with van der Waals surface area (Å²) >= 11 is 0. The Labute approximate surface area is 174 Å². The van der Waals surface area contributed by atoms with E-state index < -0.39 is 0 Å². The summed E-state index contributed by atoms with van der Waals surface area (Å²) < 4.78 is 20.5. The van der Waals surface area contributed by atoms with Crippen molar-refractivity contribution in [1.29, 1.82) is 0 Å². The molecule has 0 bridgehead atoms. The number of benzene rings is 2. The van der Waals surface area contributed by atoms with E-state index in [0.29, 0.717) is 12.4 Å². The van der Waals surface area contributed by atoms with E-state index in [1.165, 1.54) is 12.1 Å². The molecule has 0 spiro atoms. The van der Waals surface area contributed by atoms with E-state index in [4.69, 9.17) is 4.74 Å². The Morgan fingerprint density at radius 3 is 2.47 bits per heavy atom. The lowest BCUT2D eigenvalue weighted by molar-refractivity contribution is -0.118. The lowest BCUT2D eigenvalue weighted by Gasteiger charge is -2.31. The predicted molar refractivity (Wildman–Crippen MR) is 112 cm³/mol. The summed E-state index contributed by atoms with van der Waals surface area (Å²) in [5.74, 6) is 0.963. The minimum Gasteiger partial charge on any atom is -0.497 e. The fourth-order valence-electron chi connectivity index (χ4n) is 3.50. The predicted octanol–water partition coefficient (Wildman–Crippen LogP) is 4.17. The highest BCUT2D eigenvalue weighted by atomic mass is 19.1. The molecule has 2 N–H and O–H groups in total. The van der Waals surface area contributed by atoms with Crippen LogP contribution in [0.4, 0.5) is 16.3 Å². The van der Waals surface area contributed by atoms with Crippen molar-refractivity contribution in [2.45, 2.75) is 32.4 Å². The van der Waals surface area contributed by atoms with Gasteiger partial charge in [-0.25, -0.2) is 9.07 Å². The highest BCUT2D eigenvalue weighted by molar-refractivity contribution is 5.90. The minimum absolute atomic E-state index is 0.0312. The van der Waals surface area contributed by atoms with E-state index >= 15 is 0 Å². The van der Waals surface area contributed by atoms with Crippen LogP contribution in [0.5, 0.6) is 5.75 Å². The van der Waals surface area contributed by atoms with Crippen LogP contribution >= 0.6 is 0 Å². The highest BCUT2D eigenvalue weighted by Gasteiger charge is 2.31. The van der Waals surface area contributed by atoms with Crippen LogP contribution < -0.4 is 15.4 Å². The van der Waals surface area contributed by atoms with Crippen molar-refractivity contribution in [3.05, 3.63) is 65.5 Å². The Morgan fingerprint density at radius 1 is 1.17 bits per heavy atom. The van der Waals surface area contributed by atoms with Gasteiger partial charge >= 0.3 is 0 Å². The summed E-state index contributed by atoms with van der Waals surface area (Å²) in [5, 5.41) is 10.7. The summed E-state index contributed by atoms with van der Waals surface area (Å²) in [4.78, 5) is 16.6. The first kappa shape index (κ1) is 19.9. The maximum absolute atomic E-state index is 13.5. The molecule has 7 nitrogen and oxygen atoms in total. The zero-order valence-electron chi connectivity index (χ0n) is 17.1. The number of fused-ring (bicyclic) bond motifs is 1. The van der Waals surface area contributed by atoms with Crippen LogP contribution in [0.3, 0.4) is 0 Å². The number of anilines is 2. The van der Waals surface area contributed by atoms with Crippen LogP contribution in [0.2, 0.25) is 0 Å². The van der Waals surface area contributed by atoms with Crippen molar-refractivity contribution in [2.24, 2.45) is 5.92 Å². The first-order valence-electron chi connectivity index (χ1n) is 9.88. The zero-order chi connectivity index (χ0) is 21.3. The second-order valence-corrected chi connectivity index (χ2v) is 7.62. The number of hydrogen-bond acceptors (Lipinski definition) is 5. The van der Waals surface area contributed by atoms with Gasteiger partial charge in [-0.3, -0.25) is 10.1 Å². The Kier molecular flexibility index (Phi) is 5.39. The number of rotatable bonds is 5. The number of carbonyl (C=O) groups excluding carboxylic acids is 1. The molecule has 2 aromatic carbocycles. The summed E-state index contributed by atoms with van der Waals surface area (Å²) in [6.07, 6.45) is 0.686. The number of aromatic nitrogens is 3. The van der Waals surface area contributed by atoms with Crippen molar-refractivity contribution in [3.8, 4) is 5.75 Å². The van der Waals surface area contributed by atoms with Gasteiger partial charge in [0.15, 0.2) is 0 Å². The van der Waals surface area contributed by atoms with Crippen LogP contribution in [0.1, 0.15) is 43.5 Å². The topological polar surface area (TPSA) is 81.1 Å². The maximum Gasteiger partial charge on any atom is 0.250 e. The third-order valence-electron chi connectivity index (χ3n) is 5.22. The Bertz CT molecular complexity index is 1030. The second-order valence-electron chi connectivity index (χ2n) is 7.62. The number of nitrogens with zero attached hydrogens (tertiary/aromatic N) is 3. The van der Waals surface area contributed by atoms with Crippen molar-refractivity contribution in [1.82, 2.24) is 14.8 Å². The van der Waals surface area contributed by atoms with Crippen LogP contribution in [-0.2, 0) is 4.79 Å². The van der Waals surface area contributed by atoms with E-state index in [2.05, 4.69) is 20.7 Å². The third-order valence-corrected chi connectivity index (χ3v) is 5.22. The standard InChI is InChI=1S/C22H24FN5O2/c1-13(2)20(29)25-21-26-22-24-18(14-6-10-17(30-3)11-7-14)12-19(28(22)27-21)15-4-8-16(23)9-5-15/h4-11,13,18-19H,12H2,1-3H3,(H2,24,25,26,27,29)/t18-,19-/m0/s1. The monoisotopic (exact) mass is 409 g/mol. The fraction of sp³-hybridized carbons (Fsp3) is 0.318. The molecule has 1 aliphatic heterocycles. The molecule has 0 saturated carbocycles. The summed E-state index contributed by atoms with van der Waals surface area (Å²) in [7, 11) is 1.63. The van der Waals surface area contributed by atoms with Gasteiger partial charge in [-0.1, -0.05) is 38.1 Å². The van der Waals surface area contributed by atoms with E-state index in [1.807, 2.05) is 38.1 Å². The van der Waals surface area contributed by atoms with Gasteiger partial charge in [0.25, 0.3) is 5.95 Å². The lowest BCUT2D eigenvalue weighted by Crippen LogP contribution is -2.28. The number of halogens is 1. The Morgan fingerprint density at radius 2 is 1.83 bits per heavy atom. The molecule has 1 aliphatic rings. The van der Waals surface area contributed by atoms with Crippen LogP contribution in [0.25, 0.3) is 0 Å². The van der Waals surface area contributed by atoms with Gasteiger partial charge in [0.1, 0.15) is 11.6 Å². The van der Waals surface area contributed by atoms with Crippen molar-refractivity contribution in [3.63, 3.8) is 0 Å². The van der Waals surface area contributed by atoms with Crippen molar-refractivity contribution in [2.75, 3.05) is 17.7 Å². The van der Waals surface area contributed by atoms with Gasteiger partial charge in [-0.15, -0.1) is 5.10 Å². The molecule has 8 heteroatoms. The molecule has 0 unspecified atom stereocenters. The zero-order valence-corrected chi connectivity index (χ0v) is 17.1. The van der Waals surface area contributed by atoms with E-state index in [9.17, 15) is 9.18 Å². The molecule has 1 amide bonds. The lowest BCUT2D eigenvalue weighted by atomic mass is 9.93. The molecule has 0 fully saturated rings. The van der Waals surface area contributed by atoms with Crippen LogP contribution in [0.15, 0.2) is 48.5 Å². The minimum atomic E-state index is -0.289. The van der Waals surface area contributed by atoms with Gasteiger partial charge < -0.3 is 10.1 Å². The Balaban J connectivity index is 1.69. The average Bonchev–Trinajstić information content (AvgIpc) is 3.16. The van der Waals surface area contributed by atoms with E-state index in [0.717, 1.165) is 16.9 Å². The molecule has 0 radical (unpaired) electrons.